The van der Waals surface area contributed by atoms with E-state index in [-0.39, 0.29) is 0 Å². The average molecular weight is 947 g/mol. The Hall–Kier alpha value is -8.04. The molecule has 8 heteroatoms. The lowest BCUT2D eigenvalue weighted by atomic mass is 9.58. The quantitative estimate of drug-likeness (QED) is 0.136. The van der Waals surface area contributed by atoms with Crippen LogP contribution in [0.15, 0.2) is 206 Å². The van der Waals surface area contributed by atoms with Crippen LogP contribution in [0.25, 0.3) is 22.3 Å². The van der Waals surface area contributed by atoms with E-state index >= 15 is 0 Å². The van der Waals surface area contributed by atoms with Crippen LogP contribution >= 0.6 is 22.7 Å². The van der Waals surface area contributed by atoms with Gasteiger partial charge in [0.25, 0.3) is 0 Å². The third kappa shape index (κ3) is 5.90. The van der Waals surface area contributed by atoms with Gasteiger partial charge in [0.15, 0.2) is 0 Å². The predicted octanol–water partition coefficient (Wildman–Crippen LogP) is 15.8. The van der Waals surface area contributed by atoms with Crippen LogP contribution in [0.3, 0.4) is 0 Å². The summed E-state index contributed by atoms with van der Waals surface area (Å²) in [5.41, 5.74) is 15.4. The lowest BCUT2D eigenvalue weighted by Gasteiger charge is -2.45. The molecule has 3 aliphatic carbocycles. The molecule has 0 radical (unpaired) electrons. The maximum atomic E-state index is 5.70. The van der Waals surface area contributed by atoms with Crippen molar-refractivity contribution in [3.05, 3.63) is 249 Å². The summed E-state index contributed by atoms with van der Waals surface area (Å²) in [6.45, 7) is 0. The van der Waals surface area contributed by atoms with Gasteiger partial charge in [-0.3, -0.25) is 0 Å². The topological polar surface area (TPSA) is 43.4 Å². The molecule has 0 saturated heterocycles. The van der Waals surface area contributed by atoms with Gasteiger partial charge in [0.1, 0.15) is 33.0 Å². The molecule has 0 saturated carbocycles. The van der Waals surface area contributed by atoms with E-state index in [4.69, 9.17) is 18.9 Å². The fourth-order valence-corrected chi connectivity index (χ4v) is 14.6. The van der Waals surface area contributed by atoms with Crippen LogP contribution in [0, 0.1) is 0 Å². The number of ether oxygens (including phenoxy) is 4. The summed E-state index contributed by atoms with van der Waals surface area (Å²) in [6.07, 6.45) is 0. The molecule has 0 N–H and O–H groups in total. The molecule has 70 heavy (non-hydrogen) atoms. The monoisotopic (exact) mass is 946 g/mol. The van der Waals surface area contributed by atoms with Crippen molar-refractivity contribution in [3.63, 3.8) is 0 Å². The molecule has 0 unspecified atom stereocenters. The zero-order chi connectivity index (χ0) is 47.1. The largest absolute Gasteiger partial charge is 0.497 e. The Morgan fingerprint density at radius 3 is 0.786 bits per heavy atom. The smallest absolute Gasteiger partial charge is 0.119 e. The van der Waals surface area contributed by atoms with Crippen molar-refractivity contribution in [2.24, 2.45) is 0 Å². The number of fused-ring (bicyclic) bond motifs is 16. The standard InChI is InChI=1S/C62H46N2O4S2/c1-65-43-29-21-39(22-30-43)63(40-23-31-44(66-2)32-24-40)57-37-55-59(69-57)62(53-19-11-7-15-49(53)50-16-8-12-20-54(50)62)56-38-58(64(41-25-33-45(67-3)34-26-41)42-27-35-46(68-4)36-28-42)70-60(56)61(55)51-17-9-5-13-47(51)48-14-6-10-18-52(48)61/h5-38H,1-4H3. The summed E-state index contributed by atoms with van der Waals surface area (Å²) < 4.78 is 22.8. The average Bonchev–Trinajstić information content (AvgIpc) is 4.20. The normalized spacial score (nSPS) is 13.7. The van der Waals surface area contributed by atoms with Gasteiger partial charge in [-0.1, -0.05) is 97.1 Å². The lowest BCUT2D eigenvalue weighted by Crippen LogP contribution is -2.41. The Bertz CT molecular complexity index is 3140. The van der Waals surface area contributed by atoms with Gasteiger partial charge in [-0.05, 0) is 165 Å². The molecule has 340 valence electrons. The number of nitrogens with zero attached hydrogens (tertiary/aromatic N) is 2. The van der Waals surface area contributed by atoms with Crippen LogP contribution < -0.4 is 28.7 Å². The first-order chi connectivity index (χ1) is 34.5. The Labute approximate surface area is 415 Å². The Morgan fingerprint density at radius 1 is 0.300 bits per heavy atom. The van der Waals surface area contributed by atoms with Gasteiger partial charge in [0.05, 0.1) is 39.3 Å². The summed E-state index contributed by atoms with van der Waals surface area (Å²) in [5, 5.41) is 2.22. The van der Waals surface area contributed by atoms with Crippen molar-refractivity contribution < 1.29 is 18.9 Å². The third-order valence-corrected chi connectivity index (χ3v) is 17.1. The van der Waals surface area contributed by atoms with Gasteiger partial charge < -0.3 is 28.7 Å². The van der Waals surface area contributed by atoms with E-state index in [9.17, 15) is 0 Å². The van der Waals surface area contributed by atoms with Crippen molar-refractivity contribution in [3.8, 4) is 45.3 Å². The third-order valence-electron chi connectivity index (χ3n) is 14.6. The number of hydrogen-bond acceptors (Lipinski definition) is 8. The second kappa shape index (κ2) is 16.3. The first kappa shape index (κ1) is 42.1. The molecule has 10 aromatic rings. The molecule has 3 aliphatic rings. The summed E-state index contributed by atoms with van der Waals surface area (Å²) in [4.78, 5) is 7.40. The zero-order valence-electron chi connectivity index (χ0n) is 39.0. The minimum Gasteiger partial charge on any atom is -0.497 e. The van der Waals surface area contributed by atoms with Crippen LogP contribution in [-0.4, -0.2) is 28.4 Å². The highest BCUT2D eigenvalue weighted by atomic mass is 32.1. The molecule has 2 spiro atoms. The van der Waals surface area contributed by atoms with Gasteiger partial charge >= 0.3 is 0 Å². The van der Waals surface area contributed by atoms with Gasteiger partial charge in [-0.2, -0.15) is 0 Å². The molecular weight excluding hydrogens is 901 g/mol. The van der Waals surface area contributed by atoms with E-state index in [1.165, 1.54) is 65.4 Å². The van der Waals surface area contributed by atoms with Crippen LogP contribution in [0.4, 0.5) is 32.8 Å². The summed E-state index contributed by atoms with van der Waals surface area (Å²) in [5.74, 6) is 3.22. The van der Waals surface area contributed by atoms with Crippen LogP contribution in [0.1, 0.15) is 43.1 Å². The Morgan fingerprint density at radius 2 is 0.543 bits per heavy atom. The van der Waals surface area contributed by atoms with Crippen LogP contribution in [0.2, 0.25) is 0 Å². The molecule has 8 aromatic carbocycles. The molecule has 2 heterocycles. The first-order valence-corrected chi connectivity index (χ1v) is 25.0. The van der Waals surface area contributed by atoms with Crippen molar-refractivity contribution >= 4 is 55.4 Å². The molecule has 0 amide bonds. The minimum absolute atomic E-state index is 0.690. The van der Waals surface area contributed by atoms with Gasteiger partial charge in [-0.25, -0.2) is 0 Å². The van der Waals surface area contributed by atoms with Gasteiger partial charge in [0, 0.05) is 32.5 Å². The number of benzene rings is 8. The number of thiophene rings is 2. The molecular formula is C62H46N2O4S2. The fraction of sp³-hybridized carbons (Fsp3) is 0.0968. The minimum atomic E-state index is -0.690. The Kier molecular flexibility index (Phi) is 9.80. The van der Waals surface area contributed by atoms with Crippen molar-refractivity contribution in [1.29, 1.82) is 0 Å². The second-order valence-corrected chi connectivity index (χ2v) is 19.9. The molecule has 13 rings (SSSR count). The number of rotatable bonds is 10. The van der Waals surface area contributed by atoms with Crippen LogP contribution in [0.5, 0.6) is 23.0 Å². The van der Waals surface area contributed by atoms with E-state index in [0.29, 0.717) is 0 Å². The van der Waals surface area contributed by atoms with E-state index in [2.05, 4.69) is 168 Å². The SMILES string of the molecule is COc1ccc(N(c2ccc(OC)cc2)c2cc3c(s2)C2(c4ccccc4-c4ccccc42)c2cc(N(c4ccc(OC)cc4)c4ccc(OC)cc4)sc2C32c3ccccc3-c3ccccc32)cc1. The summed E-state index contributed by atoms with van der Waals surface area (Å²) in [7, 11) is 6.87. The van der Waals surface area contributed by atoms with E-state index in [0.717, 1.165) is 55.7 Å². The molecule has 2 aromatic heterocycles. The number of hydrogen-bond donors (Lipinski definition) is 0. The highest BCUT2D eigenvalue weighted by Crippen LogP contribution is 2.71. The second-order valence-electron chi connectivity index (χ2n) is 17.8. The van der Waals surface area contributed by atoms with Crippen LogP contribution in [-0.2, 0) is 10.8 Å². The Balaban J connectivity index is 1.18. The highest BCUT2D eigenvalue weighted by Gasteiger charge is 2.61. The van der Waals surface area contributed by atoms with Gasteiger partial charge in [0.2, 0.25) is 0 Å². The van der Waals surface area contributed by atoms with E-state index in [1.807, 2.05) is 71.2 Å². The highest BCUT2D eigenvalue weighted by molar-refractivity contribution is 7.18. The number of methoxy groups -OCH3 is 4. The van der Waals surface area contributed by atoms with E-state index in [1.54, 1.807) is 28.4 Å². The summed E-state index contributed by atoms with van der Waals surface area (Å²) in [6, 6.07) is 75.1. The molecule has 0 bridgehead atoms. The predicted molar refractivity (Wildman–Crippen MR) is 286 cm³/mol. The molecule has 0 atom stereocenters. The zero-order valence-corrected chi connectivity index (χ0v) is 40.6. The molecule has 6 nitrogen and oxygen atoms in total. The lowest BCUT2D eigenvalue weighted by molar-refractivity contribution is 0.414. The van der Waals surface area contributed by atoms with Crippen molar-refractivity contribution in [1.82, 2.24) is 0 Å². The number of anilines is 6. The van der Waals surface area contributed by atoms with Crippen molar-refractivity contribution in [2.75, 3.05) is 38.2 Å². The van der Waals surface area contributed by atoms with Gasteiger partial charge in [-0.15, -0.1) is 22.7 Å². The summed E-state index contributed by atoms with van der Waals surface area (Å²) >= 11 is 3.79. The fourth-order valence-electron chi connectivity index (χ4n) is 11.6. The maximum Gasteiger partial charge on any atom is 0.119 e. The first-order valence-electron chi connectivity index (χ1n) is 23.4. The molecule has 0 fully saturated rings. The van der Waals surface area contributed by atoms with Crippen molar-refractivity contribution in [2.45, 2.75) is 10.8 Å². The maximum absolute atomic E-state index is 5.70. The van der Waals surface area contributed by atoms with E-state index < -0.39 is 10.8 Å². The molecule has 0 aliphatic heterocycles.